The third-order valence-electron chi connectivity index (χ3n) is 20.0. The maximum absolute atomic E-state index is 13.1. The Bertz CT molecular complexity index is 6170. The van der Waals surface area contributed by atoms with Gasteiger partial charge in [0, 0.05) is 22.1 Å². The summed E-state index contributed by atoms with van der Waals surface area (Å²) in [7, 11) is -5.85. The highest BCUT2D eigenvalue weighted by Crippen LogP contribution is 2.49. The van der Waals surface area contributed by atoms with E-state index in [9.17, 15) is 21.6 Å². The summed E-state index contributed by atoms with van der Waals surface area (Å²) >= 11 is 0. The van der Waals surface area contributed by atoms with Crippen LogP contribution in [0.2, 0.25) is 0 Å². The first-order valence-electron chi connectivity index (χ1n) is 36.5. The smallest absolute Gasteiger partial charge is 0.375 e. The van der Waals surface area contributed by atoms with E-state index in [2.05, 4.69) is 331 Å². The molecule has 4 nitrogen and oxygen atoms in total. The van der Waals surface area contributed by atoms with Gasteiger partial charge in [0.05, 0.1) is 5.69 Å². The van der Waals surface area contributed by atoms with Gasteiger partial charge < -0.3 is 9.08 Å². The standard InChI is InChI=1S/C50H35N.C27H17F3O3S.C25H20/c1-4-14-36(15-5-1)39-26-30-44(31-27-39)51(45-32-28-40(29-33-45)37-16-6-2-7-17-37)49-35-48(41-19-8-3-9-20-41)50(47-23-13-12-22-46(47)49)43-25-24-38-18-10-11-21-42(38)34-43;28-27(29,30)34(31,32)33-25-17-24(19-9-2-1-3-10-19)26(23-13-7-6-12-22(23)25)21-15-14-18-8-4-5-11-20(18)16-21;1-3-7-22(8-4-1)24-15-11-20(12-16-24)19-21-13-17-25(18-14-21)23-9-5-2-6-10-23/h1-35H;1-17H;1-18H,19H2. The molecule has 0 amide bonds. The molecule has 0 fully saturated rings. The first-order valence-corrected chi connectivity index (χ1v) is 38.0. The molecule has 0 aliphatic carbocycles. The third kappa shape index (κ3) is 15.5. The number of hydrogen-bond donors (Lipinski definition) is 0. The van der Waals surface area contributed by atoms with Gasteiger partial charge in [-0.1, -0.05) is 376 Å². The van der Waals surface area contributed by atoms with Crippen LogP contribution in [0.15, 0.2) is 425 Å². The van der Waals surface area contributed by atoms with Crippen molar-refractivity contribution in [3.63, 3.8) is 0 Å². The average Bonchev–Trinajstić information content (AvgIpc) is 0.767. The van der Waals surface area contributed by atoms with Crippen LogP contribution in [0, 0.1) is 0 Å². The third-order valence-corrected chi connectivity index (χ3v) is 21.0. The van der Waals surface area contributed by atoms with Crippen LogP contribution in [-0.2, 0) is 16.5 Å². The molecule has 0 heterocycles. The monoisotopic (exact) mass is 1450 g/mol. The molecule has 0 radical (unpaired) electrons. The molecule has 110 heavy (non-hydrogen) atoms. The Morgan fingerprint density at radius 2 is 0.536 bits per heavy atom. The molecule has 0 aliphatic rings. The quantitative estimate of drug-likeness (QED) is 0.0758. The number of alkyl halides is 3. The Morgan fingerprint density at radius 3 is 0.909 bits per heavy atom. The summed E-state index contributed by atoms with van der Waals surface area (Å²) in [6.07, 6.45) is 0.962. The summed E-state index contributed by atoms with van der Waals surface area (Å²) in [5.41, 5.74) is 18.1. The summed E-state index contributed by atoms with van der Waals surface area (Å²) in [4.78, 5) is 2.42. The summed E-state index contributed by atoms with van der Waals surface area (Å²) in [5.74, 6) is -0.378. The SMILES string of the molecule is O=S(=O)(Oc1cc(-c2ccccc2)c(-c2ccc3ccccc3c2)c2ccccc12)C(F)(F)F.c1ccc(-c2ccc(Cc3ccc(-c4ccccc4)cc3)cc2)cc1.c1ccc(-c2ccc(N(c3ccc(-c4ccccc4)cc3)c3cc(-c4ccccc4)c(-c4ccc5ccccc5c4)c4ccccc34)cc2)cc1. The number of fused-ring (bicyclic) bond motifs is 4. The van der Waals surface area contributed by atoms with Gasteiger partial charge in [0.15, 0.2) is 5.75 Å². The number of rotatable bonds is 15. The number of nitrogens with zero attached hydrogens (tertiary/aromatic N) is 1. The minimum absolute atomic E-state index is 0.262. The van der Waals surface area contributed by atoms with Crippen LogP contribution in [0.1, 0.15) is 11.1 Å². The average molecular weight is 1450 g/mol. The predicted octanol–water partition coefficient (Wildman–Crippen LogP) is 28.3. The zero-order valence-electron chi connectivity index (χ0n) is 59.8. The van der Waals surface area contributed by atoms with E-state index in [0.29, 0.717) is 16.5 Å². The molecule has 18 aromatic carbocycles. The fourth-order valence-corrected chi connectivity index (χ4v) is 15.0. The van der Waals surface area contributed by atoms with E-state index >= 15 is 0 Å². The van der Waals surface area contributed by atoms with E-state index in [1.165, 1.54) is 105 Å². The van der Waals surface area contributed by atoms with E-state index in [1.54, 1.807) is 24.3 Å². The first-order chi connectivity index (χ1) is 53.9. The van der Waals surface area contributed by atoms with Crippen molar-refractivity contribution in [3.8, 4) is 94.8 Å². The predicted molar refractivity (Wildman–Crippen MR) is 452 cm³/mol. The van der Waals surface area contributed by atoms with Crippen molar-refractivity contribution in [1.82, 2.24) is 0 Å². The Hall–Kier alpha value is -13.7. The fourth-order valence-electron chi connectivity index (χ4n) is 14.5. The van der Waals surface area contributed by atoms with Gasteiger partial charge in [-0.05, 0) is 187 Å². The van der Waals surface area contributed by atoms with E-state index in [-0.39, 0.29) is 11.1 Å². The molecular weight excluding hydrogens is 1380 g/mol. The second-order valence-electron chi connectivity index (χ2n) is 27.0. The topological polar surface area (TPSA) is 46.6 Å². The minimum Gasteiger partial charge on any atom is -0.375 e. The second kappa shape index (κ2) is 31.8. The summed E-state index contributed by atoms with van der Waals surface area (Å²) in [6.45, 7) is 0. The van der Waals surface area contributed by atoms with Gasteiger partial charge in [-0.15, -0.1) is 0 Å². The van der Waals surface area contributed by atoms with E-state index < -0.39 is 15.6 Å². The van der Waals surface area contributed by atoms with Crippen molar-refractivity contribution in [1.29, 1.82) is 0 Å². The Morgan fingerprint density at radius 1 is 0.255 bits per heavy atom. The van der Waals surface area contributed by atoms with Crippen LogP contribution in [-0.4, -0.2) is 13.9 Å². The fraction of sp³-hybridized carbons (Fsp3) is 0.0196. The van der Waals surface area contributed by atoms with Gasteiger partial charge in [0.1, 0.15) is 0 Å². The van der Waals surface area contributed by atoms with Crippen molar-refractivity contribution < 1.29 is 25.8 Å². The molecule has 0 spiro atoms. The van der Waals surface area contributed by atoms with Gasteiger partial charge in [0.2, 0.25) is 0 Å². The lowest BCUT2D eigenvalue weighted by atomic mass is 9.87. The molecule has 8 heteroatoms. The normalized spacial score (nSPS) is 11.3. The zero-order valence-corrected chi connectivity index (χ0v) is 60.7. The van der Waals surface area contributed by atoms with Gasteiger partial charge in [-0.2, -0.15) is 21.6 Å². The van der Waals surface area contributed by atoms with Crippen LogP contribution in [0.4, 0.5) is 30.2 Å². The molecule has 0 atom stereocenters. The van der Waals surface area contributed by atoms with Gasteiger partial charge in [-0.25, -0.2) is 0 Å². The number of halogens is 3. The largest absolute Gasteiger partial charge is 0.534 e. The molecule has 0 saturated carbocycles. The Kier molecular flexibility index (Phi) is 20.4. The van der Waals surface area contributed by atoms with Crippen LogP contribution in [0.5, 0.6) is 5.75 Å². The molecular formula is C102H72F3NO3S. The van der Waals surface area contributed by atoms with Gasteiger partial charge in [-0.3, -0.25) is 0 Å². The molecule has 0 aliphatic heterocycles. The molecule has 0 N–H and O–H groups in total. The molecule has 0 unspecified atom stereocenters. The highest BCUT2D eigenvalue weighted by atomic mass is 32.2. The molecule has 0 bridgehead atoms. The maximum Gasteiger partial charge on any atom is 0.534 e. The highest BCUT2D eigenvalue weighted by molar-refractivity contribution is 7.88. The van der Waals surface area contributed by atoms with Crippen molar-refractivity contribution in [2.75, 3.05) is 4.90 Å². The van der Waals surface area contributed by atoms with Crippen LogP contribution < -0.4 is 9.08 Å². The Labute approximate surface area is 639 Å². The van der Waals surface area contributed by atoms with Crippen LogP contribution in [0.25, 0.3) is 132 Å². The highest BCUT2D eigenvalue weighted by Gasteiger charge is 2.49. The molecule has 0 aromatic heterocycles. The van der Waals surface area contributed by atoms with E-state index in [1.807, 2.05) is 72.8 Å². The summed E-state index contributed by atoms with van der Waals surface area (Å²) < 4.78 is 67.8. The van der Waals surface area contributed by atoms with Crippen molar-refractivity contribution in [2.24, 2.45) is 0 Å². The second-order valence-corrected chi connectivity index (χ2v) is 28.5. The lowest BCUT2D eigenvalue weighted by Gasteiger charge is -2.29. The molecule has 18 aromatic rings. The van der Waals surface area contributed by atoms with Crippen LogP contribution >= 0.6 is 0 Å². The molecule has 0 saturated heterocycles. The van der Waals surface area contributed by atoms with Crippen molar-refractivity contribution >= 4 is 70.3 Å². The number of benzene rings is 18. The van der Waals surface area contributed by atoms with Gasteiger partial charge >= 0.3 is 15.6 Å². The lowest BCUT2D eigenvalue weighted by molar-refractivity contribution is -0.0499. The van der Waals surface area contributed by atoms with Crippen molar-refractivity contribution in [3.05, 3.63) is 436 Å². The zero-order chi connectivity index (χ0) is 74.8. The minimum atomic E-state index is -5.85. The molecule has 530 valence electrons. The first kappa shape index (κ1) is 70.6. The maximum atomic E-state index is 13.1. The summed E-state index contributed by atoms with van der Waals surface area (Å²) in [6, 6.07) is 146. The number of anilines is 3. The lowest BCUT2D eigenvalue weighted by Crippen LogP contribution is -2.28. The molecule has 18 rings (SSSR count). The van der Waals surface area contributed by atoms with E-state index in [0.717, 1.165) is 45.4 Å². The Balaban J connectivity index is 0.000000135. The van der Waals surface area contributed by atoms with Crippen LogP contribution in [0.3, 0.4) is 0 Å². The van der Waals surface area contributed by atoms with Crippen molar-refractivity contribution in [2.45, 2.75) is 11.9 Å². The summed E-state index contributed by atoms with van der Waals surface area (Å²) in [5, 5.41) is 7.78. The van der Waals surface area contributed by atoms with Gasteiger partial charge in [0.25, 0.3) is 0 Å². The number of hydrogen-bond acceptors (Lipinski definition) is 4. The van der Waals surface area contributed by atoms with E-state index in [4.69, 9.17) is 0 Å².